The van der Waals surface area contributed by atoms with Crippen LogP contribution in [0.3, 0.4) is 0 Å². The molecule has 0 aromatic heterocycles. The summed E-state index contributed by atoms with van der Waals surface area (Å²) in [5, 5.41) is 2.93. The largest absolute Gasteiger partial charge is 0.493 e. The van der Waals surface area contributed by atoms with Gasteiger partial charge >= 0.3 is 12.1 Å². The molecule has 1 atom stereocenters. The third-order valence-corrected chi connectivity index (χ3v) is 6.23. The van der Waals surface area contributed by atoms with E-state index in [1.54, 1.807) is 17.0 Å². The van der Waals surface area contributed by atoms with E-state index in [1.807, 2.05) is 24.3 Å². The van der Waals surface area contributed by atoms with Gasteiger partial charge in [-0.25, -0.2) is 13.2 Å². The standard InChI is InChI=1S/C22H25F3N2O5S/c1-33(29,30)19-8-6-18(7-9-19)31-13-10-16-2-4-17(5-3-16)15-27-12-11-26-14-20(27)32-21(28)22(23,24)25/h2-9,20,26H,10-15H2,1H3. The second-order valence-electron chi connectivity index (χ2n) is 7.69. The fraction of sp³-hybridized carbons (Fsp3) is 0.409. The van der Waals surface area contributed by atoms with E-state index in [2.05, 4.69) is 10.1 Å². The molecule has 7 nitrogen and oxygen atoms in total. The number of ether oxygens (including phenoxy) is 2. The zero-order valence-electron chi connectivity index (χ0n) is 18.0. The van der Waals surface area contributed by atoms with E-state index in [4.69, 9.17) is 4.74 Å². The number of carbonyl (C=O) groups is 1. The van der Waals surface area contributed by atoms with Crippen molar-refractivity contribution < 1.29 is 35.9 Å². The summed E-state index contributed by atoms with van der Waals surface area (Å²) in [6.07, 6.45) is -4.25. The molecule has 33 heavy (non-hydrogen) atoms. The third-order valence-electron chi connectivity index (χ3n) is 5.10. The van der Waals surface area contributed by atoms with Crippen LogP contribution in [0, 0.1) is 0 Å². The smallest absolute Gasteiger partial charge is 0.490 e. The Balaban J connectivity index is 1.50. The Hall–Kier alpha value is -2.63. The normalized spacial score (nSPS) is 17.5. The summed E-state index contributed by atoms with van der Waals surface area (Å²) in [5.41, 5.74) is 1.89. The van der Waals surface area contributed by atoms with Crippen LogP contribution in [0.25, 0.3) is 0 Å². The molecular weight excluding hydrogens is 461 g/mol. The predicted molar refractivity (Wildman–Crippen MR) is 114 cm³/mol. The molecule has 1 aliphatic rings. The summed E-state index contributed by atoms with van der Waals surface area (Å²) < 4.78 is 70.9. The monoisotopic (exact) mass is 486 g/mol. The van der Waals surface area contributed by atoms with Gasteiger partial charge < -0.3 is 14.8 Å². The molecule has 11 heteroatoms. The molecule has 2 aromatic carbocycles. The van der Waals surface area contributed by atoms with Crippen molar-refractivity contribution in [3.63, 3.8) is 0 Å². The molecule has 0 radical (unpaired) electrons. The van der Waals surface area contributed by atoms with Gasteiger partial charge in [0.25, 0.3) is 0 Å². The second-order valence-corrected chi connectivity index (χ2v) is 9.71. The highest BCUT2D eigenvalue weighted by molar-refractivity contribution is 7.90. The number of nitrogens with zero attached hydrogens (tertiary/aromatic N) is 1. The van der Waals surface area contributed by atoms with Crippen LogP contribution in [0.2, 0.25) is 0 Å². The first-order valence-corrected chi connectivity index (χ1v) is 12.1. The number of hydrogen-bond donors (Lipinski definition) is 1. The first-order chi connectivity index (χ1) is 15.5. The summed E-state index contributed by atoms with van der Waals surface area (Å²) >= 11 is 0. The van der Waals surface area contributed by atoms with Crippen molar-refractivity contribution in [3.8, 4) is 5.75 Å². The quantitative estimate of drug-likeness (QED) is 0.574. The zero-order chi connectivity index (χ0) is 24.1. The van der Waals surface area contributed by atoms with Crippen LogP contribution in [0.5, 0.6) is 5.75 Å². The minimum Gasteiger partial charge on any atom is -0.493 e. The van der Waals surface area contributed by atoms with Gasteiger partial charge in [-0.3, -0.25) is 4.90 Å². The molecule has 0 amide bonds. The maximum Gasteiger partial charge on any atom is 0.490 e. The molecule has 0 spiro atoms. The lowest BCUT2D eigenvalue weighted by atomic mass is 10.1. The molecule has 1 saturated heterocycles. The van der Waals surface area contributed by atoms with Gasteiger partial charge in [-0.15, -0.1) is 0 Å². The number of hydrogen-bond acceptors (Lipinski definition) is 7. The lowest BCUT2D eigenvalue weighted by Crippen LogP contribution is -2.53. The van der Waals surface area contributed by atoms with Crippen LogP contribution in [0.15, 0.2) is 53.4 Å². The number of rotatable bonds is 8. The van der Waals surface area contributed by atoms with Gasteiger partial charge in [-0.1, -0.05) is 24.3 Å². The van der Waals surface area contributed by atoms with Gasteiger partial charge in [0.1, 0.15) is 5.75 Å². The van der Waals surface area contributed by atoms with Crippen LogP contribution in [-0.2, 0) is 32.3 Å². The Morgan fingerprint density at radius 3 is 2.33 bits per heavy atom. The molecule has 1 unspecified atom stereocenters. The molecule has 0 bridgehead atoms. The molecule has 180 valence electrons. The number of esters is 1. The first kappa shape index (κ1) is 25.0. The number of alkyl halides is 3. The number of nitrogens with one attached hydrogen (secondary N) is 1. The zero-order valence-corrected chi connectivity index (χ0v) is 18.8. The summed E-state index contributed by atoms with van der Waals surface area (Å²) in [7, 11) is -3.25. The lowest BCUT2D eigenvalue weighted by Gasteiger charge is -2.35. The van der Waals surface area contributed by atoms with Gasteiger partial charge in [0.05, 0.1) is 11.5 Å². The van der Waals surface area contributed by atoms with Crippen molar-refractivity contribution >= 4 is 15.8 Å². The Kier molecular flexibility index (Phi) is 7.98. The summed E-state index contributed by atoms with van der Waals surface area (Å²) in [5.74, 6) is -1.63. The molecular formula is C22H25F3N2O5S. The Morgan fingerprint density at radius 1 is 1.09 bits per heavy atom. The van der Waals surface area contributed by atoms with Gasteiger partial charge in [0, 0.05) is 38.9 Å². The van der Waals surface area contributed by atoms with Crippen LogP contribution in [0.1, 0.15) is 11.1 Å². The molecule has 1 N–H and O–H groups in total. The van der Waals surface area contributed by atoms with Gasteiger partial charge in [-0.05, 0) is 35.4 Å². The van der Waals surface area contributed by atoms with Crippen LogP contribution in [0.4, 0.5) is 13.2 Å². The van der Waals surface area contributed by atoms with E-state index >= 15 is 0 Å². The maximum absolute atomic E-state index is 12.5. The third kappa shape index (κ3) is 7.44. The van der Waals surface area contributed by atoms with Crippen molar-refractivity contribution in [1.82, 2.24) is 10.2 Å². The minimum atomic E-state index is -5.03. The SMILES string of the molecule is CS(=O)(=O)c1ccc(OCCc2ccc(CN3CCNCC3OC(=O)C(F)(F)F)cc2)cc1. The highest BCUT2D eigenvalue weighted by Gasteiger charge is 2.43. The van der Waals surface area contributed by atoms with E-state index in [0.717, 1.165) is 17.4 Å². The molecule has 0 aliphatic carbocycles. The molecule has 1 heterocycles. The lowest BCUT2D eigenvalue weighted by molar-refractivity contribution is -0.214. The molecule has 2 aromatic rings. The van der Waals surface area contributed by atoms with E-state index in [0.29, 0.717) is 38.4 Å². The predicted octanol–water partition coefficient (Wildman–Crippen LogP) is 2.55. The highest BCUT2D eigenvalue weighted by atomic mass is 32.2. The van der Waals surface area contributed by atoms with Crippen LogP contribution >= 0.6 is 0 Å². The van der Waals surface area contributed by atoms with E-state index in [-0.39, 0.29) is 11.4 Å². The van der Waals surface area contributed by atoms with Crippen molar-refractivity contribution in [1.29, 1.82) is 0 Å². The average molecular weight is 487 g/mol. The number of halogens is 3. The van der Waals surface area contributed by atoms with Gasteiger partial charge in [0.2, 0.25) is 0 Å². The van der Waals surface area contributed by atoms with Crippen molar-refractivity contribution in [2.45, 2.75) is 30.3 Å². The number of benzene rings is 2. The van der Waals surface area contributed by atoms with Gasteiger partial charge in [-0.2, -0.15) is 13.2 Å². The first-order valence-electron chi connectivity index (χ1n) is 10.3. The van der Waals surface area contributed by atoms with Crippen LogP contribution < -0.4 is 10.1 Å². The van der Waals surface area contributed by atoms with Crippen molar-refractivity contribution in [2.24, 2.45) is 0 Å². The summed E-state index contributed by atoms with van der Waals surface area (Å²) in [6, 6.07) is 13.8. The Morgan fingerprint density at radius 2 is 1.73 bits per heavy atom. The molecule has 3 rings (SSSR count). The molecule has 1 aliphatic heterocycles. The fourth-order valence-corrected chi connectivity index (χ4v) is 3.95. The van der Waals surface area contributed by atoms with Crippen molar-refractivity contribution in [2.75, 3.05) is 32.5 Å². The van der Waals surface area contributed by atoms with Gasteiger partial charge in [0.15, 0.2) is 16.1 Å². The second kappa shape index (κ2) is 10.5. The average Bonchev–Trinajstić information content (AvgIpc) is 2.75. The van der Waals surface area contributed by atoms with E-state index < -0.39 is 28.2 Å². The van der Waals surface area contributed by atoms with E-state index in [1.165, 1.54) is 12.1 Å². The van der Waals surface area contributed by atoms with Crippen molar-refractivity contribution in [3.05, 3.63) is 59.7 Å². The Bertz CT molecular complexity index is 1040. The minimum absolute atomic E-state index is 0.127. The maximum atomic E-state index is 12.5. The van der Waals surface area contributed by atoms with E-state index in [9.17, 15) is 26.4 Å². The summed E-state index contributed by atoms with van der Waals surface area (Å²) in [6.45, 7) is 1.90. The number of piperazine rings is 1. The summed E-state index contributed by atoms with van der Waals surface area (Å²) in [4.78, 5) is 13.1. The van der Waals surface area contributed by atoms with Crippen LogP contribution in [-0.4, -0.2) is 64.2 Å². The highest BCUT2D eigenvalue weighted by Crippen LogP contribution is 2.20. The number of sulfone groups is 1. The molecule has 0 saturated carbocycles. The number of carbonyl (C=O) groups excluding carboxylic acids is 1. The molecule has 1 fully saturated rings. The Labute approximate surface area is 190 Å². The fourth-order valence-electron chi connectivity index (χ4n) is 3.32. The topological polar surface area (TPSA) is 84.9 Å².